The summed E-state index contributed by atoms with van der Waals surface area (Å²) in [6.07, 6.45) is 0. The van der Waals surface area contributed by atoms with Crippen LogP contribution in [0, 0.1) is 20.8 Å². The van der Waals surface area contributed by atoms with Crippen molar-refractivity contribution in [2.45, 2.75) is 20.8 Å². The number of amides is 2. The molecule has 0 aliphatic heterocycles. The van der Waals surface area contributed by atoms with Gasteiger partial charge in [-0.1, -0.05) is 34.1 Å². The molecular formula is C20H23BrN2O3. The molecule has 0 saturated heterocycles. The van der Waals surface area contributed by atoms with Crippen molar-refractivity contribution >= 4 is 27.7 Å². The van der Waals surface area contributed by atoms with Gasteiger partial charge in [-0.15, -0.1) is 0 Å². The van der Waals surface area contributed by atoms with E-state index in [1.807, 2.05) is 39.0 Å². The van der Waals surface area contributed by atoms with Crippen LogP contribution in [0.1, 0.15) is 27.0 Å². The van der Waals surface area contributed by atoms with E-state index in [1.54, 1.807) is 18.2 Å². The average Bonchev–Trinajstić information content (AvgIpc) is 2.61. The Morgan fingerprint density at radius 3 is 2.42 bits per heavy atom. The zero-order chi connectivity index (χ0) is 19.1. The molecule has 0 spiro atoms. The third kappa shape index (κ3) is 5.59. The lowest BCUT2D eigenvalue weighted by molar-refractivity contribution is -0.123. The summed E-state index contributed by atoms with van der Waals surface area (Å²) in [5.74, 6) is 0.355. The Labute approximate surface area is 162 Å². The first-order valence-corrected chi connectivity index (χ1v) is 9.18. The van der Waals surface area contributed by atoms with Crippen molar-refractivity contribution in [3.63, 3.8) is 0 Å². The van der Waals surface area contributed by atoms with Crippen LogP contribution in [-0.2, 0) is 4.79 Å². The number of nitrogens with one attached hydrogen (secondary N) is 2. The Hall–Kier alpha value is -2.34. The molecule has 0 heterocycles. The number of aryl methyl sites for hydroxylation is 2. The van der Waals surface area contributed by atoms with Gasteiger partial charge in [0.1, 0.15) is 5.75 Å². The van der Waals surface area contributed by atoms with Crippen LogP contribution in [0.5, 0.6) is 5.75 Å². The first kappa shape index (κ1) is 20.0. The van der Waals surface area contributed by atoms with Crippen LogP contribution in [0.3, 0.4) is 0 Å². The molecule has 2 N–H and O–H groups in total. The minimum absolute atomic E-state index is 0.0509. The molecule has 0 radical (unpaired) electrons. The number of rotatable bonds is 7. The van der Waals surface area contributed by atoms with Gasteiger partial charge in [-0.3, -0.25) is 9.59 Å². The maximum Gasteiger partial charge on any atom is 0.258 e. The molecule has 6 heteroatoms. The highest BCUT2D eigenvalue weighted by Gasteiger charge is 2.09. The van der Waals surface area contributed by atoms with Gasteiger partial charge in [0, 0.05) is 23.1 Å². The fraction of sp³-hybridized carbons (Fsp3) is 0.300. The Bertz CT molecular complexity index is 806. The lowest BCUT2D eigenvalue weighted by atomic mass is 10.1. The van der Waals surface area contributed by atoms with Crippen LogP contribution < -0.4 is 15.4 Å². The molecule has 0 aliphatic carbocycles. The van der Waals surface area contributed by atoms with Gasteiger partial charge in [0.25, 0.3) is 11.8 Å². The molecular weight excluding hydrogens is 396 g/mol. The molecule has 0 bridgehead atoms. The Morgan fingerprint density at radius 1 is 1.00 bits per heavy atom. The second-order valence-electron chi connectivity index (χ2n) is 6.06. The van der Waals surface area contributed by atoms with Crippen molar-refractivity contribution in [3.05, 3.63) is 63.1 Å². The number of halogens is 1. The van der Waals surface area contributed by atoms with Gasteiger partial charge in [0.05, 0.1) is 0 Å². The highest BCUT2D eigenvalue weighted by atomic mass is 79.9. The second-order valence-corrected chi connectivity index (χ2v) is 6.97. The summed E-state index contributed by atoms with van der Waals surface area (Å²) in [4.78, 5) is 23.9. The van der Waals surface area contributed by atoms with Crippen LogP contribution in [0.15, 0.2) is 40.9 Å². The highest BCUT2D eigenvalue weighted by molar-refractivity contribution is 9.10. The quantitative estimate of drug-likeness (QED) is 0.677. The summed E-state index contributed by atoms with van der Waals surface area (Å²) in [6, 6.07) is 11.1. The lowest BCUT2D eigenvalue weighted by Crippen LogP contribution is -2.36. The first-order valence-electron chi connectivity index (χ1n) is 8.38. The number of hydrogen-bond acceptors (Lipinski definition) is 3. The van der Waals surface area contributed by atoms with E-state index in [4.69, 9.17) is 4.74 Å². The number of carbonyl (C=O) groups is 2. The Balaban J connectivity index is 1.73. The molecule has 0 fully saturated rings. The van der Waals surface area contributed by atoms with E-state index >= 15 is 0 Å². The van der Waals surface area contributed by atoms with Crippen molar-refractivity contribution in [3.8, 4) is 5.75 Å². The minimum Gasteiger partial charge on any atom is -0.483 e. The van der Waals surface area contributed by atoms with Crippen molar-refractivity contribution in [1.29, 1.82) is 0 Å². The zero-order valence-electron chi connectivity index (χ0n) is 15.2. The molecule has 5 nitrogen and oxygen atoms in total. The number of carbonyl (C=O) groups excluding carboxylic acids is 2. The zero-order valence-corrected chi connectivity index (χ0v) is 16.8. The number of benzene rings is 2. The molecule has 26 heavy (non-hydrogen) atoms. The molecule has 2 rings (SSSR count). The van der Waals surface area contributed by atoms with Crippen molar-refractivity contribution < 1.29 is 14.3 Å². The number of hydrogen-bond donors (Lipinski definition) is 2. The molecule has 0 aromatic heterocycles. The topological polar surface area (TPSA) is 67.4 Å². The van der Waals surface area contributed by atoms with Gasteiger partial charge >= 0.3 is 0 Å². The molecule has 2 aromatic rings. The van der Waals surface area contributed by atoms with Gasteiger partial charge < -0.3 is 15.4 Å². The predicted molar refractivity (Wildman–Crippen MR) is 106 cm³/mol. The van der Waals surface area contributed by atoms with Gasteiger partial charge in [-0.25, -0.2) is 0 Å². The van der Waals surface area contributed by atoms with E-state index in [-0.39, 0.29) is 18.4 Å². The van der Waals surface area contributed by atoms with Crippen LogP contribution in [0.4, 0.5) is 0 Å². The fourth-order valence-corrected chi connectivity index (χ4v) is 2.85. The minimum atomic E-state index is -0.220. The average molecular weight is 419 g/mol. The predicted octanol–water partition coefficient (Wildman–Crippen LogP) is 3.30. The van der Waals surface area contributed by atoms with Gasteiger partial charge in [0.15, 0.2) is 6.61 Å². The van der Waals surface area contributed by atoms with E-state index in [1.165, 1.54) is 0 Å². The van der Waals surface area contributed by atoms with Crippen molar-refractivity contribution in [2.24, 2.45) is 0 Å². The first-order chi connectivity index (χ1) is 12.4. The van der Waals surface area contributed by atoms with Gasteiger partial charge in [-0.2, -0.15) is 0 Å². The smallest absolute Gasteiger partial charge is 0.258 e. The molecule has 138 valence electrons. The molecule has 0 unspecified atom stereocenters. The highest BCUT2D eigenvalue weighted by Crippen LogP contribution is 2.25. The molecule has 0 saturated carbocycles. The molecule has 2 aromatic carbocycles. The van der Waals surface area contributed by atoms with Gasteiger partial charge in [0.2, 0.25) is 0 Å². The Kier molecular flexibility index (Phi) is 7.21. The summed E-state index contributed by atoms with van der Waals surface area (Å²) < 4.78 is 6.51. The second kappa shape index (κ2) is 9.38. The lowest BCUT2D eigenvalue weighted by Gasteiger charge is -2.14. The summed E-state index contributed by atoms with van der Waals surface area (Å²) in [6.45, 7) is 6.58. The maximum atomic E-state index is 12.0. The maximum absolute atomic E-state index is 12.0. The van der Waals surface area contributed by atoms with Crippen LogP contribution in [0.2, 0.25) is 0 Å². The van der Waals surface area contributed by atoms with Crippen LogP contribution >= 0.6 is 15.9 Å². The molecule has 0 atom stereocenters. The molecule has 2 amide bonds. The van der Waals surface area contributed by atoms with E-state index in [0.29, 0.717) is 18.7 Å². The normalized spacial score (nSPS) is 10.3. The van der Waals surface area contributed by atoms with Crippen LogP contribution in [-0.4, -0.2) is 31.5 Å². The van der Waals surface area contributed by atoms with Crippen molar-refractivity contribution in [1.82, 2.24) is 10.6 Å². The summed E-state index contributed by atoms with van der Waals surface area (Å²) in [5.41, 5.74) is 3.74. The third-order valence-electron chi connectivity index (χ3n) is 4.04. The SMILES string of the molecule is Cc1ccc(C)c(OCC(=O)NCCNC(=O)c2cccc(Br)c2)c1C. The van der Waals surface area contributed by atoms with E-state index in [2.05, 4.69) is 26.6 Å². The number of ether oxygens (including phenoxy) is 1. The van der Waals surface area contributed by atoms with Crippen molar-refractivity contribution in [2.75, 3.05) is 19.7 Å². The third-order valence-corrected chi connectivity index (χ3v) is 4.53. The van der Waals surface area contributed by atoms with E-state index < -0.39 is 0 Å². The summed E-state index contributed by atoms with van der Waals surface area (Å²) in [7, 11) is 0. The van der Waals surface area contributed by atoms with Crippen LogP contribution in [0.25, 0.3) is 0 Å². The largest absolute Gasteiger partial charge is 0.483 e. The monoisotopic (exact) mass is 418 g/mol. The van der Waals surface area contributed by atoms with E-state index in [9.17, 15) is 9.59 Å². The standard InChI is InChI=1S/C20H23BrN2O3/c1-13-7-8-14(2)19(15(13)3)26-12-18(24)22-9-10-23-20(25)16-5-4-6-17(21)11-16/h4-8,11H,9-10,12H2,1-3H3,(H,22,24)(H,23,25). The summed E-state index contributed by atoms with van der Waals surface area (Å²) >= 11 is 3.33. The van der Waals surface area contributed by atoms with E-state index in [0.717, 1.165) is 26.9 Å². The van der Waals surface area contributed by atoms with Gasteiger partial charge in [-0.05, 0) is 55.7 Å². The Morgan fingerprint density at radius 2 is 1.69 bits per heavy atom. The fourth-order valence-electron chi connectivity index (χ4n) is 2.45. The molecule has 0 aliphatic rings. The summed E-state index contributed by atoms with van der Waals surface area (Å²) in [5, 5.41) is 5.50.